The Kier molecular flexibility index (Phi) is 4.01. The number of carbonyl (C=O) groups is 1. The molecule has 0 bridgehead atoms. The molecule has 3 aromatic rings. The maximum atomic E-state index is 12.7. The van der Waals surface area contributed by atoms with Gasteiger partial charge >= 0.3 is 0 Å². The lowest BCUT2D eigenvalue weighted by molar-refractivity contribution is 0.0741. The maximum Gasteiger partial charge on any atom is 0.274 e. The smallest absolute Gasteiger partial charge is 0.274 e. The van der Waals surface area contributed by atoms with Gasteiger partial charge in [0.2, 0.25) is 0 Å². The van der Waals surface area contributed by atoms with Crippen molar-refractivity contribution in [2.75, 3.05) is 38.2 Å². The van der Waals surface area contributed by atoms with Crippen LogP contribution in [-0.2, 0) is 0 Å². The maximum absolute atomic E-state index is 12.7. The van der Waals surface area contributed by atoms with Crippen LogP contribution in [-0.4, -0.2) is 53.5 Å². The van der Waals surface area contributed by atoms with E-state index in [1.807, 2.05) is 51.9 Å². The fourth-order valence-electron chi connectivity index (χ4n) is 3.24. The molecule has 2 aromatic heterocycles. The average molecular weight is 336 g/mol. The van der Waals surface area contributed by atoms with E-state index in [-0.39, 0.29) is 5.91 Å². The van der Waals surface area contributed by atoms with Crippen LogP contribution in [0.1, 0.15) is 10.5 Å². The van der Waals surface area contributed by atoms with Gasteiger partial charge in [-0.1, -0.05) is 18.2 Å². The van der Waals surface area contributed by atoms with E-state index in [4.69, 9.17) is 4.74 Å². The molecule has 0 N–H and O–H groups in total. The van der Waals surface area contributed by atoms with Crippen LogP contribution in [0.25, 0.3) is 5.65 Å². The fourth-order valence-corrected chi connectivity index (χ4v) is 3.24. The molecule has 128 valence electrons. The molecule has 0 spiro atoms. The van der Waals surface area contributed by atoms with Gasteiger partial charge in [-0.3, -0.25) is 4.79 Å². The topological polar surface area (TPSA) is 50.1 Å². The molecule has 0 saturated carbocycles. The number of methoxy groups -OCH3 is 1. The molecule has 0 atom stereocenters. The van der Waals surface area contributed by atoms with Gasteiger partial charge in [0.15, 0.2) is 0 Å². The first kappa shape index (κ1) is 15.5. The van der Waals surface area contributed by atoms with Crippen LogP contribution in [0, 0.1) is 0 Å². The number of hydrogen-bond donors (Lipinski definition) is 0. The summed E-state index contributed by atoms with van der Waals surface area (Å²) in [5, 5.41) is 0. The second kappa shape index (κ2) is 6.47. The molecule has 6 heteroatoms. The highest BCUT2D eigenvalue weighted by Gasteiger charge is 2.25. The third-order valence-electron chi connectivity index (χ3n) is 4.58. The van der Waals surface area contributed by atoms with Crippen molar-refractivity contribution in [1.82, 2.24) is 14.3 Å². The minimum absolute atomic E-state index is 0.0108. The number of carbonyl (C=O) groups excluding carboxylic acids is 1. The number of piperazine rings is 1. The van der Waals surface area contributed by atoms with E-state index in [9.17, 15) is 4.79 Å². The molecule has 1 aliphatic heterocycles. The molecule has 1 aromatic carbocycles. The van der Waals surface area contributed by atoms with Crippen molar-refractivity contribution in [1.29, 1.82) is 0 Å². The summed E-state index contributed by atoms with van der Waals surface area (Å²) < 4.78 is 7.31. The van der Waals surface area contributed by atoms with Gasteiger partial charge in [-0.25, -0.2) is 4.98 Å². The summed E-state index contributed by atoms with van der Waals surface area (Å²) in [4.78, 5) is 21.3. The Morgan fingerprint density at radius 1 is 1.04 bits per heavy atom. The molecule has 1 aliphatic rings. The number of nitrogens with zero attached hydrogens (tertiary/aromatic N) is 4. The van der Waals surface area contributed by atoms with Crippen molar-refractivity contribution >= 4 is 17.2 Å². The molecule has 4 rings (SSSR count). The van der Waals surface area contributed by atoms with E-state index in [2.05, 4.69) is 16.0 Å². The Bertz CT molecular complexity index is 864. The average Bonchev–Trinajstić information content (AvgIpc) is 3.12. The Hall–Kier alpha value is -3.02. The number of amides is 1. The molecule has 3 heterocycles. The molecule has 25 heavy (non-hydrogen) atoms. The molecule has 0 radical (unpaired) electrons. The molecule has 1 fully saturated rings. The number of hydrogen-bond acceptors (Lipinski definition) is 4. The largest absolute Gasteiger partial charge is 0.495 e. The second-order valence-electron chi connectivity index (χ2n) is 6.04. The summed E-state index contributed by atoms with van der Waals surface area (Å²) in [7, 11) is 1.68. The predicted molar refractivity (Wildman–Crippen MR) is 96.3 cm³/mol. The first-order chi connectivity index (χ1) is 12.3. The van der Waals surface area contributed by atoms with Gasteiger partial charge < -0.3 is 18.9 Å². The normalized spacial score (nSPS) is 14.8. The zero-order valence-electron chi connectivity index (χ0n) is 14.1. The quantitative estimate of drug-likeness (QED) is 0.736. The van der Waals surface area contributed by atoms with Gasteiger partial charge in [0, 0.05) is 38.6 Å². The van der Waals surface area contributed by atoms with Crippen molar-refractivity contribution in [3.63, 3.8) is 0 Å². The van der Waals surface area contributed by atoms with Crippen LogP contribution in [0.4, 0.5) is 5.69 Å². The monoisotopic (exact) mass is 336 g/mol. The summed E-state index contributed by atoms with van der Waals surface area (Å²) in [5.41, 5.74) is 2.36. The minimum Gasteiger partial charge on any atom is -0.495 e. The highest BCUT2D eigenvalue weighted by molar-refractivity contribution is 5.93. The molecule has 0 aliphatic carbocycles. The molecular formula is C19H20N4O2. The Labute approximate surface area is 146 Å². The van der Waals surface area contributed by atoms with Crippen LogP contribution in [0.15, 0.2) is 54.9 Å². The van der Waals surface area contributed by atoms with E-state index in [1.165, 1.54) is 0 Å². The number of imidazole rings is 1. The van der Waals surface area contributed by atoms with Gasteiger partial charge in [0.1, 0.15) is 17.1 Å². The first-order valence-corrected chi connectivity index (χ1v) is 8.37. The zero-order chi connectivity index (χ0) is 17.2. The predicted octanol–water partition coefficient (Wildman–Crippen LogP) is 2.31. The SMILES string of the molecule is COc1ccccc1N1CCN(C(=O)c2cn3ccccc3n2)CC1. The fraction of sp³-hybridized carbons (Fsp3) is 0.263. The number of anilines is 1. The lowest BCUT2D eigenvalue weighted by Crippen LogP contribution is -2.49. The van der Waals surface area contributed by atoms with Crippen LogP contribution in [0.2, 0.25) is 0 Å². The summed E-state index contributed by atoms with van der Waals surface area (Å²) in [6.07, 6.45) is 3.70. The highest BCUT2D eigenvalue weighted by atomic mass is 16.5. The lowest BCUT2D eigenvalue weighted by Gasteiger charge is -2.36. The number of rotatable bonds is 3. The summed E-state index contributed by atoms with van der Waals surface area (Å²) in [6, 6.07) is 13.7. The third kappa shape index (κ3) is 2.91. The summed E-state index contributed by atoms with van der Waals surface area (Å²) in [5.74, 6) is 0.853. The molecular weight excluding hydrogens is 316 g/mol. The zero-order valence-corrected chi connectivity index (χ0v) is 14.1. The van der Waals surface area contributed by atoms with Crippen LogP contribution < -0.4 is 9.64 Å². The second-order valence-corrected chi connectivity index (χ2v) is 6.04. The van der Waals surface area contributed by atoms with Crippen molar-refractivity contribution in [2.45, 2.75) is 0 Å². The standard InChI is InChI=1S/C19H20N4O2/c1-25-17-7-3-2-6-16(17)21-10-12-22(13-11-21)19(24)15-14-23-9-5-4-8-18(23)20-15/h2-9,14H,10-13H2,1H3. The minimum atomic E-state index is -0.0108. The number of aromatic nitrogens is 2. The van der Waals surface area contributed by atoms with Crippen molar-refractivity contribution < 1.29 is 9.53 Å². The van der Waals surface area contributed by atoms with E-state index in [1.54, 1.807) is 13.3 Å². The van der Waals surface area contributed by atoms with E-state index in [0.29, 0.717) is 18.8 Å². The lowest BCUT2D eigenvalue weighted by atomic mass is 10.2. The van der Waals surface area contributed by atoms with Crippen LogP contribution in [0.3, 0.4) is 0 Å². The number of pyridine rings is 1. The Balaban J connectivity index is 1.47. The first-order valence-electron chi connectivity index (χ1n) is 8.37. The number of para-hydroxylation sites is 2. The molecule has 1 saturated heterocycles. The summed E-state index contributed by atoms with van der Waals surface area (Å²) >= 11 is 0. The third-order valence-corrected chi connectivity index (χ3v) is 4.58. The van der Waals surface area contributed by atoms with Crippen LogP contribution in [0.5, 0.6) is 5.75 Å². The van der Waals surface area contributed by atoms with Gasteiger partial charge in [-0.2, -0.15) is 0 Å². The van der Waals surface area contributed by atoms with E-state index < -0.39 is 0 Å². The molecule has 0 unspecified atom stereocenters. The van der Waals surface area contributed by atoms with Crippen molar-refractivity contribution in [3.8, 4) is 5.75 Å². The van der Waals surface area contributed by atoms with E-state index in [0.717, 1.165) is 30.2 Å². The molecule has 6 nitrogen and oxygen atoms in total. The number of fused-ring (bicyclic) bond motifs is 1. The molecule has 1 amide bonds. The van der Waals surface area contributed by atoms with Crippen molar-refractivity contribution in [2.24, 2.45) is 0 Å². The number of ether oxygens (including phenoxy) is 1. The van der Waals surface area contributed by atoms with Crippen LogP contribution >= 0.6 is 0 Å². The Morgan fingerprint density at radius 3 is 2.56 bits per heavy atom. The number of benzene rings is 1. The summed E-state index contributed by atoms with van der Waals surface area (Å²) in [6.45, 7) is 2.90. The van der Waals surface area contributed by atoms with Gasteiger partial charge in [0.05, 0.1) is 12.8 Å². The van der Waals surface area contributed by atoms with Gasteiger partial charge in [-0.15, -0.1) is 0 Å². The van der Waals surface area contributed by atoms with Gasteiger partial charge in [-0.05, 0) is 24.3 Å². The van der Waals surface area contributed by atoms with Crippen molar-refractivity contribution in [3.05, 3.63) is 60.6 Å². The van der Waals surface area contributed by atoms with E-state index >= 15 is 0 Å². The van der Waals surface area contributed by atoms with Gasteiger partial charge in [0.25, 0.3) is 5.91 Å². The highest BCUT2D eigenvalue weighted by Crippen LogP contribution is 2.28. The Morgan fingerprint density at radius 2 is 1.80 bits per heavy atom.